The molecule has 0 bridgehead atoms. The second-order valence-electron chi connectivity index (χ2n) is 3.23. The van der Waals surface area contributed by atoms with E-state index in [-0.39, 0.29) is 0 Å². The molecule has 0 amide bonds. The molecule has 4 nitrogen and oxygen atoms in total. The number of aliphatic carboxylic acids is 1. The predicted molar refractivity (Wildman–Crippen MR) is 50.0 cm³/mol. The van der Waals surface area contributed by atoms with Gasteiger partial charge in [-0.1, -0.05) is 0 Å². The minimum Gasteiger partial charge on any atom is -0.481 e. The van der Waals surface area contributed by atoms with Crippen molar-refractivity contribution in [2.45, 2.75) is 27.7 Å². The second-order valence-corrected chi connectivity index (χ2v) is 3.53. The molecule has 0 rings (SSSR count). The zero-order valence-corrected chi connectivity index (χ0v) is 9.01. The van der Waals surface area contributed by atoms with Crippen molar-refractivity contribution in [3.63, 3.8) is 0 Å². The summed E-state index contributed by atoms with van der Waals surface area (Å²) >= 11 is 4.72. The van der Waals surface area contributed by atoms with Crippen LogP contribution in [0.2, 0.25) is 0 Å². The number of hydrogen-bond donors (Lipinski definition) is 1. The van der Waals surface area contributed by atoms with Crippen molar-refractivity contribution in [2.75, 3.05) is 6.61 Å². The van der Waals surface area contributed by atoms with Crippen LogP contribution in [0, 0.1) is 5.41 Å². The van der Waals surface area contributed by atoms with E-state index in [0.717, 1.165) is 0 Å². The van der Waals surface area contributed by atoms with Gasteiger partial charge in [0.25, 0.3) is 0 Å². The first-order chi connectivity index (χ1) is 5.71. The largest absolute Gasteiger partial charge is 0.481 e. The molecule has 5 heteroatoms. The summed E-state index contributed by atoms with van der Waals surface area (Å²) in [5, 5.41) is 8.25. The Kier molecular flexibility index (Phi) is 7.61. The van der Waals surface area contributed by atoms with E-state index in [4.69, 9.17) is 16.7 Å². The van der Waals surface area contributed by atoms with Crippen LogP contribution in [0.5, 0.6) is 0 Å². The van der Waals surface area contributed by atoms with Crippen molar-refractivity contribution in [1.29, 1.82) is 0 Å². The number of carboxylic acid groups (broad SMARTS) is 1. The van der Waals surface area contributed by atoms with Gasteiger partial charge in [-0.05, 0) is 27.7 Å². The lowest BCUT2D eigenvalue weighted by Gasteiger charge is -2.08. The molecule has 0 saturated carbocycles. The second kappa shape index (κ2) is 6.71. The van der Waals surface area contributed by atoms with Gasteiger partial charge in [-0.15, -0.1) is 0 Å². The maximum absolute atomic E-state index is 10.0. The van der Waals surface area contributed by atoms with Crippen molar-refractivity contribution >= 4 is 23.0 Å². The van der Waals surface area contributed by atoms with Gasteiger partial charge in [0.1, 0.15) is 0 Å². The molecule has 0 atom stereocenters. The van der Waals surface area contributed by atoms with Crippen LogP contribution in [0.15, 0.2) is 0 Å². The van der Waals surface area contributed by atoms with Crippen molar-refractivity contribution in [2.24, 2.45) is 5.41 Å². The van der Waals surface area contributed by atoms with Crippen molar-refractivity contribution in [1.82, 2.24) is 0 Å². The fraction of sp³-hybridized carbons (Fsp3) is 0.750. The van der Waals surface area contributed by atoms with Gasteiger partial charge in [0.2, 0.25) is 0 Å². The van der Waals surface area contributed by atoms with E-state index >= 15 is 0 Å². The van der Waals surface area contributed by atoms with Crippen LogP contribution < -0.4 is 0 Å². The maximum atomic E-state index is 10.0. The molecule has 0 aliphatic rings. The van der Waals surface area contributed by atoms with Gasteiger partial charge in [-0.25, -0.2) is 4.79 Å². The molecule has 0 fully saturated rings. The first-order valence-corrected chi connectivity index (χ1v) is 4.15. The zero-order valence-electron chi connectivity index (χ0n) is 8.26. The monoisotopic (exact) mass is 210 g/mol. The van der Waals surface area contributed by atoms with Crippen molar-refractivity contribution in [3.8, 4) is 0 Å². The Bertz CT molecular complexity index is 171. The minimum absolute atomic E-state index is 0.350. The Balaban J connectivity index is 0. The molecule has 0 spiro atoms. The highest BCUT2D eigenvalue weighted by atomic mass is 35.5. The highest BCUT2D eigenvalue weighted by molar-refractivity contribution is 6.61. The topological polar surface area (TPSA) is 63.6 Å². The molecule has 78 valence electrons. The Labute approximate surface area is 82.8 Å². The molecule has 1 N–H and O–H groups in total. The molecule has 0 aromatic heterocycles. The number of halogens is 1. The van der Waals surface area contributed by atoms with Crippen LogP contribution in [0.3, 0.4) is 0 Å². The average molecular weight is 211 g/mol. The van der Waals surface area contributed by atoms with Gasteiger partial charge >= 0.3 is 11.4 Å². The van der Waals surface area contributed by atoms with Crippen LogP contribution in [-0.2, 0) is 9.53 Å². The van der Waals surface area contributed by atoms with Gasteiger partial charge in [0.05, 0.1) is 12.0 Å². The average Bonchev–Trinajstić information content (AvgIpc) is 1.85. The highest BCUT2D eigenvalue weighted by Crippen LogP contribution is 2.11. The molecule has 0 unspecified atom stereocenters. The Hall–Kier alpha value is -0.770. The molecular weight excluding hydrogens is 196 g/mol. The normalized spacial score (nSPS) is 9.62. The predicted octanol–water partition coefficient (Wildman–Crippen LogP) is 2.50. The molecule has 0 aliphatic heterocycles. The third-order valence-electron chi connectivity index (χ3n) is 0.899. The summed E-state index contributed by atoms with van der Waals surface area (Å²) in [5.41, 5.74) is -1.32. The summed E-state index contributed by atoms with van der Waals surface area (Å²) in [6.07, 6.45) is 0. The molecule has 13 heavy (non-hydrogen) atoms. The number of ether oxygens (including phenoxy) is 1. The van der Waals surface area contributed by atoms with Gasteiger partial charge in [0, 0.05) is 11.6 Å². The number of rotatable bonds is 1. The molecule has 0 radical (unpaired) electrons. The van der Waals surface area contributed by atoms with E-state index in [1.54, 1.807) is 27.7 Å². The first kappa shape index (κ1) is 14.7. The summed E-state index contributed by atoms with van der Waals surface area (Å²) in [6.45, 7) is 7.03. The molecule has 0 aromatic rings. The number of carboxylic acids is 1. The zero-order chi connectivity index (χ0) is 11.1. The third kappa shape index (κ3) is 14.1. The van der Waals surface area contributed by atoms with Gasteiger partial charge < -0.3 is 9.84 Å². The van der Waals surface area contributed by atoms with E-state index in [9.17, 15) is 9.59 Å². The number of carbonyl (C=O) groups excluding carboxylic acids is 1. The van der Waals surface area contributed by atoms with E-state index in [2.05, 4.69) is 4.74 Å². The van der Waals surface area contributed by atoms with Gasteiger partial charge in [0.15, 0.2) is 0 Å². The van der Waals surface area contributed by atoms with Crippen LogP contribution in [-0.4, -0.2) is 23.1 Å². The van der Waals surface area contributed by atoms with Crippen LogP contribution in [0.1, 0.15) is 27.7 Å². The molecule has 0 aromatic carbocycles. The number of carbonyl (C=O) groups is 2. The summed E-state index contributed by atoms with van der Waals surface area (Å²) in [5.74, 6) is -0.757. The Morgan fingerprint density at radius 1 is 1.38 bits per heavy atom. The van der Waals surface area contributed by atoms with E-state index in [1.807, 2.05) is 0 Å². The first-order valence-electron chi connectivity index (χ1n) is 3.77. The lowest BCUT2D eigenvalue weighted by Crippen LogP contribution is -2.18. The van der Waals surface area contributed by atoms with E-state index in [0.29, 0.717) is 6.61 Å². The van der Waals surface area contributed by atoms with Gasteiger partial charge in [-0.2, -0.15) is 0 Å². The molecule has 0 saturated heterocycles. The van der Waals surface area contributed by atoms with Crippen LogP contribution in [0.4, 0.5) is 4.79 Å². The SMILES string of the molecule is CC(C)(C)C(=O)O.CCOC(=O)Cl. The summed E-state index contributed by atoms with van der Waals surface area (Å²) < 4.78 is 4.17. The summed E-state index contributed by atoms with van der Waals surface area (Å²) in [7, 11) is 0. The van der Waals surface area contributed by atoms with Crippen LogP contribution in [0.25, 0.3) is 0 Å². The van der Waals surface area contributed by atoms with Crippen LogP contribution >= 0.6 is 11.6 Å². The molecule has 0 heterocycles. The number of hydrogen-bond acceptors (Lipinski definition) is 3. The highest BCUT2D eigenvalue weighted by Gasteiger charge is 2.18. The molecule has 0 aliphatic carbocycles. The molecular formula is C8H15ClO4. The third-order valence-corrected chi connectivity index (χ3v) is 1.01. The van der Waals surface area contributed by atoms with Crippen molar-refractivity contribution < 1.29 is 19.4 Å². The summed E-state index contributed by atoms with van der Waals surface area (Å²) in [6, 6.07) is 0. The van der Waals surface area contributed by atoms with E-state index in [1.165, 1.54) is 0 Å². The quantitative estimate of drug-likeness (QED) is 0.676. The summed E-state index contributed by atoms with van der Waals surface area (Å²) in [4.78, 5) is 19.6. The Morgan fingerprint density at radius 3 is 1.69 bits per heavy atom. The fourth-order valence-electron chi connectivity index (χ4n) is 0.113. The lowest BCUT2D eigenvalue weighted by atomic mass is 9.98. The van der Waals surface area contributed by atoms with Crippen molar-refractivity contribution in [3.05, 3.63) is 0 Å². The Morgan fingerprint density at radius 2 is 1.69 bits per heavy atom. The lowest BCUT2D eigenvalue weighted by molar-refractivity contribution is -0.145. The smallest absolute Gasteiger partial charge is 0.403 e. The minimum atomic E-state index is -0.757. The fourth-order valence-corrected chi connectivity index (χ4v) is 0.223. The standard InChI is InChI=1S/C5H10O2.C3H5ClO2/c1-5(2,3)4(6)7;1-2-6-3(4)5/h1-3H3,(H,6,7);2H2,1H3. The van der Waals surface area contributed by atoms with Gasteiger partial charge in [-0.3, -0.25) is 4.79 Å². The maximum Gasteiger partial charge on any atom is 0.403 e. The van der Waals surface area contributed by atoms with E-state index < -0.39 is 16.8 Å².